The fraction of sp³-hybridized carbons (Fsp3) is 0.0476. The minimum absolute atomic E-state index is 0.175. The molecular weight excluding hydrogens is 360 g/mol. The van der Waals surface area contributed by atoms with Crippen molar-refractivity contribution >= 4 is 23.6 Å². The van der Waals surface area contributed by atoms with Gasteiger partial charge < -0.3 is 14.6 Å². The van der Waals surface area contributed by atoms with E-state index in [-0.39, 0.29) is 5.56 Å². The first-order valence-electron chi connectivity index (χ1n) is 8.06. The number of hydrogen-bond donors (Lipinski definition) is 2. The summed E-state index contributed by atoms with van der Waals surface area (Å²) in [5.41, 5.74) is 3.41. The maximum Gasteiger partial charge on any atom is 0.335 e. The number of methoxy groups -OCH3 is 1. The number of nitriles is 1. The second-order valence-corrected chi connectivity index (χ2v) is 6.46. The number of carbonyl (C=O) groups is 1. The highest BCUT2D eigenvalue weighted by Gasteiger charge is 2.12. The van der Waals surface area contributed by atoms with Crippen LogP contribution in [0.2, 0.25) is 0 Å². The fourth-order valence-corrected chi connectivity index (χ4v) is 3.39. The molecule has 134 valence electrons. The molecule has 0 bridgehead atoms. The third-order valence-corrected chi connectivity index (χ3v) is 4.78. The zero-order chi connectivity index (χ0) is 19.2. The number of carboxylic acids is 1. The highest BCUT2D eigenvalue weighted by molar-refractivity contribution is 8.00. The van der Waals surface area contributed by atoms with E-state index in [1.54, 1.807) is 24.3 Å². The summed E-state index contributed by atoms with van der Waals surface area (Å²) in [4.78, 5) is 11.9. The van der Waals surface area contributed by atoms with Gasteiger partial charge in [0.2, 0.25) is 0 Å². The Morgan fingerprint density at radius 1 is 1.11 bits per heavy atom. The molecule has 0 saturated heterocycles. The van der Waals surface area contributed by atoms with Gasteiger partial charge in [0.25, 0.3) is 0 Å². The Morgan fingerprint density at radius 2 is 1.89 bits per heavy atom. The van der Waals surface area contributed by atoms with Crippen LogP contribution in [0.4, 0.5) is 5.69 Å². The summed E-state index contributed by atoms with van der Waals surface area (Å²) in [5.74, 6) is -0.439. The van der Waals surface area contributed by atoms with Gasteiger partial charge in [-0.05, 0) is 47.8 Å². The maximum absolute atomic E-state index is 11.2. The molecule has 3 aromatic rings. The second kappa shape index (κ2) is 8.30. The number of ether oxygens (including phenoxy) is 1. The number of aromatic carboxylic acids is 1. The number of nitrogens with one attached hydrogen (secondary N) is 1. The van der Waals surface area contributed by atoms with E-state index in [1.165, 1.54) is 25.1 Å². The first-order chi connectivity index (χ1) is 13.1. The fourth-order valence-electron chi connectivity index (χ4n) is 2.57. The minimum atomic E-state index is -1.00. The van der Waals surface area contributed by atoms with Crippen molar-refractivity contribution in [1.82, 2.24) is 0 Å². The normalized spacial score (nSPS) is 10.1. The van der Waals surface area contributed by atoms with Gasteiger partial charge in [0.15, 0.2) is 0 Å². The van der Waals surface area contributed by atoms with Crippen LogP contribution in [0.3, 0.4) is 0 Å². The molecule has 0 heterocycles. The van der Waals surface area contributed by atoms with Crippen LogP contribution >= 0.6 is 11.9 Å². The van der Waals surface area contributed by atoms with E-state index in [4.69, 9.17) is 4.74 Å². The summed E-state index contributed by atoms with van der Waals surface area (Å²) in [6.45, 7) is 0. The van der Waals surface area contributed by atoms with Crippen LogP contribution in [0.25, 0.3) is 11.1 Å². The van der Waals surface area contributed by atoms with Crippen LogP contribution in [0.5, 0.6) is 5.75 Å². The molecule has 0 radical (unpaired) electrons. The van der Waals surface area contributed by atoms with Gasteiger partial charge in [-0.15, -0.1) is 0 Å². The number of nitrogens with zero attached hydrogens (tertiary/aromatic N) is 1. The highest BCUT2D eigenvalue weighted by Crippen LogP contribution is 2.35. The van der Waals surface area contributed by atoms with Crippen LogP contribution in [0, 0.1) is 11.3 Å². The molecule has 0 atom stereocenters. The molecule has 5 nitrogen and oxygen atoms in total. The highest BCUT2D eigenvalue weighted by atomic mass is 32.2. The number of benzene rings is 3. The molecule has 27 heavy (non-hydrogen) atoms. The van der Waals surface area contributed by atoms with Gasteiger partial charge >= 0.3 is 5.97 Å². The lowest BCUT2D eigenvalue weighted by Gasteiger charge is -2.14. The Bertz CT molecular complexity index is 1010. The van der Waals surface area contributed by atoms with Gasteiger partial charge in [-0.3, -0.25) is 0 Å². The van der Waals surface area contributed by atoms with Gasteiger partial charge in [0.05, 0.1) is 34.9 Å². The molecular formula is C21H16N2O3S. The Hall–Kier alpha value is -3.43. The van der Waals surface area contributed by atoms with E-state index in [0.717, 1.165) is 16.8 Å². The first-order valence-corrected chi connectivity index (χ1v) is 8.88. The average molecular weight is 376 g/mol. The predicted molar refractivity (Wildman–Crippen MR) is 106 cm³/mol. The van der Waals surface area contributed by atoms with Crippen molar-refractivity contribution in [2.75, 3.05) is 11.8 Å². The van der Waals surface area contributed by atoms with Gasteiger partial charge in [0.1, 0.15) is 5.75 Å². The van der Waals surface area contributed by atoms with E-state index in [2.05, 4.69) is 10.8 Å². The minimum Gasteiger partial charge on any atom is -0.496 e. The summed E-state index contributed by atoms with van der Waals surface area (Å²) >= 11 is 1.24. The van der Waals surface area contributed by atoms with E-state index in [0.29, 0.717) is 16.2 Å². The third-order valence-electron chi connectivity index (χ3n) is 3.91. The molecule has 0 saturated carbocycles. The summed E-state index contributed by atoms with van der Waals surface area (Å²) in [6.07, 6.45) is 0. The average Bonchev–Trinajstić information content (AvgIpc) is 2.72. The van der Waals surface area contributed by atoms with E-state index in [1.807, 2.05) is 36.4 Å². The summed E-state index contributed by atoms with van der Waals surface area (Å²) in [5, 5.41) is 18.4. The molecule has 3 aromatic carbocycles. The van der Waals surface area contributed by atoms with Crippen LogP contribution < -0.4 is 9.46 Å². The van der Waals surface area contributed by atoms with Crippen LogP contribution in [-0.4, -0.2) is 18.2 Å². The molecule has 0 aromatic heterocycles. The molecule has 0 aliphatic rings. The molecule has 2 N–H and O–H groups in total. The third kappa shape index (κ3) is 4.22. The lowest BCUT2D eigenvalue weighted by atomic mass is 10.0. The zero-order valence-electron chi connectivity index (χ0n) is 14.5. The molecule has 6 heteroatoms. The summed E-state index contributed by atoms with van der Waals surface area (Å²) < 4.78 is 8.56. The van der Waals surface area contributed by atoms with E-state index >= 15 is 0 Å². The van der Waals surface area contributed by atoms with Crippen LogP contribution in [0.15, 0.2) is 71.6 Å². The van der Waals surface area contributed by atoms with Gasteiger partial charge in [-0.2, -0.15) is 5.26 Å². The Kier molecular flexibility index (Phi) is 5.64. The topological polar surface area (TPSA) is 82.3 Å². The first kappa shape index (κ1) is 18.4. The summed E-state index contributed by atoms with van der Waals surface area (Å²) in [6, 6.07) is 22.1. The smallest absolute Gasteiger partial charge is 0.335 e. The molecule has 0 unspecified atom stereocenters. The second-order valence-electron chi connectivity index (χ2n) is 5.61. The molecule has 0 fully saturated rings. The van der Waals surface area contributed by atoms with Crippen LogP contribution in [-0.2, 0) is 0 Å². The van der Waals surface area contributed by atoms with Crippen molar-refractivity contribution in [2.24, 2.45) is 0 Å². The monoisotopic (exact) mass is 376 g/mol. The summed E-state index contributed by atoms with van der Waals surface area (Å²) in [7, 11) is 1.53. The van der Waals surface area contributed by atoms with Crippen molar-refractivity contribution < 1.29 is 14.6 Å². The standard InChI is InChI=1S/C21H16N2O3S/c1-26-19-10-8-16(21(24)25)12-20(19)27-23-18-11-14(13-22)7-9-17(18)15-5-3-2-4-6-15/h2-12,23H,1H3,(H,24,25). The van der Waals surface area contributed by atoms with E-state index in [9.17, 15) is 15.2 Å². The van der Waals surface area contributed by atoms with Gasteiger partial charge in [-0.25, -0.2) is 4.79 Å². The van der Waals surface area contributed by atoms with Crippen molar-refractivity contribution in [1.29, 1.82) is 5.26 Å². The number of anilines is 1. The van der Waals surface area contributed by atoms with Gasteiger partial charge in [-0.1, -0.05) is 36.4 Å². The molecule has 0 aliphatic heterocycles. The molecule has 0 amide bonds. The van der Waals surface area contributed by atoms with Crippen LogP contribution in [0.1, 0.15) is 15.9 Å². The Balaban J connectivity index is 1.95. The quantitative estimate of drug-likeness (QED) is 0.586. The van der Waals surface area contributed by atoms with E-state index < -0.39 is 5.97 Å². The van der Waals surface area contributed by atoms with Crippen molar-refractivity contribution in [3.8, 4) is 22.9 Å². The van der Waals surface area contributed by atoms with Crippen molar-refractivity contribution in [3.63, 3.8) is 0 Å². The molecule has 0 aliphatic carbocycles. The zero-order valence-corrected chi connectivity index (χ0v) is 15.3. The Labute approximate surface area is 161 Å². The predicted octanol–water partition coefficient (Wildman–Crippen LogP) is 5.05. The van der Waals surface area contributed by atoms with Crippen molar-refractivity contribution in [2.45, 2.75) is 4.90 Å². The lowest BCUT2D eigenvalue weighted by molar-refractivity contribution is 0.0696. The Morgan fingerprint density at radius 3 is 2.56 bits per heavy atom. The maximum atomic E-state index is 11.2. The largest absolute Gasteiger partial charge is 0.496 e. The SMILES string of the molecule is COc1ccc(C(=O)O)cc1SNc1cc(C#N)ccc1-c1ccccc1. The lowest BCUT2D eigenvalue weighted by Crippen LogP contribution is -1.99. The number of rotatable bonds is 6. The molecule has 3 rings (SSSR count). The molecule has 0 spiro atoms. The van der Waals surface area contributed by atoms with Crippen molar-refractivity contribution in [3.05, 3.63) is 77.9 Å². The van der Waals surface area contributed by atoms with Gasteiger partial charge in [0, 0.05) is 5.56 Å². The number of hydrogen-bond acceptors (Lipinski definition) is 5. The number of carboxylic acid groups (broad SMARTS) is 1.